The number of hydrogen-bond acceptors (Lipinski definition) is 12. The van der Waals surface area contributed by atoms with Gasteiger partial charge in [-0.1, -0.05) is 0 Å². The number of ketones is 2. The molecule has 0 aromatic rings. The predicted octanol–water partition coefficient (Wildman–Crippen LogP) is 1.17. The second kappa shape index (κ2) is 8.22. The lowest BCUT2D eigenvalue weighted by molar-refractivity contribution is -0.263. The Labute approximate surface area is 210 Å². The molecule has 6 saturated heterocycles. The lowest BCUT2D eigenvalue weighted by atomic mass is 9.99. The van der Waals surface area contributed by atoms with E-state index in [1.54, 1.807) is 55.4 Å². The third-order valence-electron chi connectivity index (χ3n) is 6.64. The van der Waals surface area contributed by atoms with Gasteiger partial charge in [0, 0.05) is 0 Å². The first kappa shape index (κ1) is 26.5. The van der Waals surface area contributed by atoms with Crippen molar-refractivity contribution in [3.63, 3.8) is 0 Å². The molecule has 0 saturated carbocycles. The van der Waals surface area contributed by atoms with Crippen molar-refractivity contribution in [3.8, 4) is 0 Å². The van der Waals surface area contributed by atoms with E-state index < -0.39 is 46.9 Å². The molecule has 0 aromatic carbocycles. The van der Waals surface area contributed by atoms with Gasteiger partial charge in [0.1, 0.15) is 25.4 Å². The average molecular weight is 517 g/mol. The summed E-state index contributed by atoms with van der Waals surface area (Å²) in [6.45, 7) is 14.8. The maximum atomic E-state index is 12.5. The van der Waals surface area contributed by atoms with Crippen LogP contribution in [0.3, 0.4) is 0 Å². The summed E-state index contributed by atoms with van der Waals surface area (Å²) in [7, 11) is 0. The van der Waals surface area contributed by atoms with E-state index in [2.05, 4.69) is 0 Å². The summed E-state index contributed by atoms with van der Waals surface area (Å²) in [5.74, 6) is -6.37. The summed E-state index contributed by atoms with van der Waals surface area (Å²) in [6, 6.07) is 0. The van der Waals surface area contributed by atoms with Crippen LogP contribution < -0.4 is 0 Å². The van der Waals surface area contributed by atoms with Gasteiger partial charge in [0.25, 0.3) is 11.6 Å². The van der Waals surface area contributed by atoms with Crippen LogP contribution in [0.5, 0.6) is 0 Å². The second-order valence-corrected chi connectivity index (χ2v) is 11.6. The van der Waals surface area contributed by atoms with Crippen molar-refractivity contribution in [2.24, 2.45) is 0 Å². The minimum Gasteiger partial charge on any atom is -0.344 e. The first-order chi connectivity index (χ1) is 16.5. The molecule has 0 aliphatic carbocycles. The SMILES string of the molecule is CC1(C)O[C@@H]2CO[C@]3(COC(C)(C)O3)C(=O)[C@@H]2O1.CC1(C)O[C@@H]2CO[C@]3(COC(C)(C)O3)C(=O)[C@@H]2O1. The zero-order valence-electron chi connectivity index (χ0n) is 22.0. The van der Waals surface area contributed by atoms with E-state index in [9.17, 15) is 9.59 Å². The summed E-state index contributed by atoms with van der Waals surface area (Å²) in [6.07, 6.45) is -2.03. The first-order valence-corrected chi connectivity index (χ1v) is 12.2. The molecule has 6 rings (SSSR count). The van der Waals surface area contributed by atoms with Crippen molar-refractivity contribution >= 4 is 11.6 Å². The van der Waals surface area contributed by atoms with Crippen molar-refractivity contribution < 1.29 is 57.0 Å². The molecule has 36 heavy (non-hydrogen) atoms. The highest BCUT2D eigenvalue weighted by atomic mass is 16.9. The molecule has 2 spiro atoms. The lowest BCUT2D eigenvalue weighted by Crippen LogP contribution is -2.58. The molecule has 0 unspecified atom stereocenters. The maximum absolute atomic E-state index is 12.5. The summed E-state index contributed by atoms with van der Waals surface area (Å²) in [5, 5.41) is 0. The van der Waals surface area contributed by atoms with E-state index in [1.807, 2.05) is 0 Å². The van der Waals surface area contributed by atoms with Crippen molar-refractivity contribution in [2.45, 2.75) is 115 Å². The van der Waals surface area contributed by atoms with Gasteiger partial charge in [0.2, 0.25) is 11.6 Å². The van der Waals surface area contributed by atoms with E-state index in [0.717, 1.165) is 0 Å². The topological polar surface area (TPSA) is 126 Å². The molecule has 12 nitrogen and oxygen atoms in total. The molecule has 6 aliphatic rings. The van der Waals surface area contributed by atoms with Crippen LogP contribution in [-0.2, 0) is 57.0 Å². The largest absolute Gasteiger partial charge is 0.344 e. The zero-order valence-corrected chi connectivity index (χ0v) is 22.0. The van der Waals surface area contributed by atoms with Gasteiger partial charge < -0.3 is 47.4 Å². The summed E-state index contributed by atoms with van der Waals surface area (Å²) >= 11 is 0. The molecule has 6 fully saturated rings. The Balaban J connectivity index is 0.000000148. The van der Waals surface area contributed by atoms with Crippen LogP contribution in [0.1, 0.15) is 55.4 Å². The molecular weight excluding hydrogens is 480 g/mol. The van der Waals surface area contributed by atoms with Gasteiger partial charge in [-0.05, 0) is 55.4 Å². The molecule has 0 N–H and O–H groups in total. The Hall–Kier alpha value is -1.06. The molecular formula is C24H36O12. The monoisotopic (exact) mass is 516 g/mol. The van der Waals surface area contributed by atoms with Gasteiger partial charge in [-0.25, -0.2) is 0 Å². The third-order valence-corrected chi connectivity index (χ3v) is 6.64. The van der Waals surface area contributed by atoms with Crippen LogP contribution >= 0.6 is 0 Å². The van der Waals surface area contributed by atoms with Crippen molar-refractivity contribution in [1.29, 1.82) is 0 Å². The number of carbonyl (C=O) groups is 2. The summed E-state index contributed by atoms with van der Waals surface area (Å²) in [4.78, 5) is 24.9. The average Bonchev–Trinajstić information content (AvgIpc) is 3.44. The van der Waals surface area contributed by atoms with Gasteiger partial charge in [-0.3, -0.25) is 9.59 Å². The highest BCUT2D eigenvalue weighted by Gasteiger charge is 2.63. The standard InChI is InChI=1S/2C12H18O6/c2*1-10(2)15-6-12(18-10)9(13)8-7(5-14-12)16-11(3,4)17-8/h2*7-8H,5-6H2,1-4H3/t2*7-,8-,12+/m11/s1. The van der Waals surface area contributed by atoms with E-state index in [-0.39, 0.29) is 50.2 Å². The minimum atomic E-state index is -1.34. The molecule has 0 radical (unpaired) electrons. The molecule has 0 amide bonds. The van der Waals surface area contributed by atoms with Crippen LogP contribution in [-0.4, -0.2) is 97.1 Å². The Morgan fingerprint density at radius 1 is 0.528 bits per heavy atom. The molecule has 0 bridgehead atoms. The van der Waals surface area contributed by atoms with Crippen molar-refractivity contribution in [2.75, 3.05) is 26.4 Å². The number of ether oxygens (including phenoxy) is 10. The number of carbonyl (C=O) groups excluding carboxylic acids is 2. The highest BCUT2D eigenvalue weighted by Crippen LogP contribution is 2.43. The minimum absolute atomic E-state index is 0.0891. The fraction of sp³-hybridized carbons (Fsp3) is 0.917. The fourth-order valence-corrected chi connectivity index (χ4v) is 5.20. The molecule has 6 atom stereocenters. The van der Waals surface area contributed by atoms with Gasteiger partial charge in [0.05, 0.1) is 13.2 Å². The predicted molar refractivity (Wildman–Crippen MR) is 117 cm³/mol. The van der Waals surface area contributed by atoms with E-state index >= 15 is 0 Å². The number of fused-ring (bicyclic) bond motifs is 2. The summed E-state index contributed by atoms with van der Waals surface area (Å²) < 4.78 is 55.8. The molecule has 0 aromatic heterocycles. The smallest absolute Gasteiger partial charge is 0.258 e. The van der Waals surface area contributed by atoms with Gasteiger partial charge >= 0.3 is 0 Å². The Bertz CT molecular complexity index is 850. The molecule has 204 valence electrons. The van der Waals surface area contributed by atoms with Gasteiger partial charge in [-0.2, -0.15) is 0 Å². The molecule has 6 aliphatic heterocycles. The van der Waals surface area contributed by atoms with Gasteiger partial charge in [-0.15, -0.1) is 0 Å². The first-order valence-electron chi connectivity index (χ1n) is 12.2. The Morgan fingerprint density at radius 2 is 0.889 bits per heavy atom. The second-order valence-electron chi connectivity index (χ2n) is 11.6. The van der Waals surface area contributed by atoms with Crippen molar-refractivity contribution in [1.82, 2.24) is 0 Å². The molecule has 6 heterocycles. The number of Topliss-reactive ketones (excluding diaryl/α,β-unsaturated/α-hetero) is 2. The van der Waals surface area contributed by atoms with E-state index in [0.29, 0.717) is 0 Å². The van der Waals surface area contributed by atoms with Crippen LogP contribution in [0, 0.1) is 0 Å². The van der Waals surface area contributed by atoms with Crippen LogP contribution in [0.4, 0.5) is 0 Å². The Morgan fingerprint density at radius 3 is 1.19 bits per heavy atom. The summed E-state index contributed by atoms with van der Waals surface area (Å²) in [5.41, 5.74) is 0. The van der Waals surface area contributed by atoms with E-state index in [1.165, 1.54) is 0 Å². The van der Waals surface area contributed by atoms with Crippen LogP contribution in [0.15, 0.2) is 0 Å². The third kappa shape index (κ3) is 4.66. The van der Waals surface area contributed by atoms with E-state index in [4.69, 9.17) is 47.4 Å². The lowest BCUT2D eigenvalue weighted by Gasteiger charge is -2.35. The van der Waals surface area contributed by atoms with Crippen LogP contribution in [0.2, 0.25) is 0 Å². The fourth-order valence-electron chi connectivity index (χ4n) is 5.20. The van der Waals surface area contributed by atoms with Crippen LogP contribution in [0.25, 0.3) is 0 Å². The van der Waals surface area contributed by atoms with Crippen molar-refractivity contribution in [3.05, 3.63) is 0 Å². The number of hydrogen-bond donors (Lipinski definition) is 0. The normalized spacial score (nSPS) is 45.4. The van der Waals surface area contributed by atoms with Gasteiger partial charge in [0.15, 0.2) is 35.4 Å². The zero-order chi connectivity index (χ0) is 26.4. The molecule has 12 heteroatoms. The maximum Gasteiger partial charge on any atom is 0.258 e. The number of rotatable bonds is 0. The quantitative estimate of drug-likeness (QED) is 0.459. The Kier molecular flexibility index (Phi) is 6.06. The highest BCUT2D eigenvalue weighted by molar-refractivity contribution is 5.92.